The van der Waals surface area contributed by atoms with E-state index in [4.69, 9.17) is 5.73 Å². The average molecular weight is 199 g/mol. The van der Waals surface area contributed by atoms with Gasteiger partial charge in [0.05, 0.1) is 0 Å². The normalized spacial score (nSPS) is 17.4. The Bertz CT molecular complexity index is 232. The van der Waals surface area contributed by atoms with Crippen LogP contribution in [-0.2, 0) is 4.79 Å². The van der Waals surface area contributed by atoms with Crippen LogP contribution in [0.1, 0.15) is 13.8 Å². The topological polar surface area (TPSA) is 66.6 Å². The number of nitrogens with zero attached hydrogens (tertiary/aromatic N) is 2. The van der Waals surface area contributed by atoms with Gasteiger partial charge in [-0.2, -0.15) is 0 Å². The summed E-state index contributed by atoms with van der Waals surface area (Å²) in [5.74, 6) is 0.171. The Morgan fingerprint density at radius 3 is 1.86 bits per heavy atom. The molecule has 0 unspecified atom stereocenters. The molecule has 0 aromatic carbocycles. The summed E-state index contributed by atoms with van der Waals surface area (Å²) in [4.78, 5) is 25.7. The van der Waals surface area contributed by atoms with Crippen LogP contribution in [0.15, 0.2) is 0 Å². The van der Waals surface area contributed by atoms with Gasteiger partial charge in [0.2, 0.25) is 5.91 Å². The summed E-state index contributed by atoms with van der Waals surface area (Å²) in [6, 6.07) is -0.401. The van der Waals surface area contributed by atoms with Crippen molar-refractivity contribution in [2.45, 2.75) is 13.8 Å². The van der Waals surface area contributed by atoms with Crippen molar-refractivity contribution in [2.24, 2.45) is 11.7 Å². The predicted molar refractivity (Wildman–Crippen MR) is 52.6 cm³/mol. The summed E-state index contributed by atoms with van der Waals surface area (Å²) in [7, 11) is 0. The first-order chi connectivity index (χ1) is 6.52. The lowest BCUT2D eigenvalue weighted by Crippen LogP contribution is -2.52. The molecule has 1 aliphatic heterocycles. The van der Waals surface area contributed by atoms with E-state index in [1.54, 1.807) is 9.80 Å². The summed E-state index contributed by atoms with van der Waals surface area (Å²) in [6.45, 7) is 6.05. The molecule has 0 radical (unpaired) electrons. The van der Waals surface area contributed by atoms with Gasteiger partial charge in [0.1, 0.15) is 0 Å². The fourth-order valence-electron chi connectivity index (χ4n) is 1.51. The lowest BCUT2D eigenvalue weighted by atomic mass is 10.1. The van der Waals surface area contributed by atoms with Crippen LogP contribution in [0.5, 0.6) is 0 Å². The minimum absolute atomic E-state index is 0.0233. The molecule has 0 aromatic heterocycles. The summed E-state index contributed by atoms with van der Waals surface area (Å²) < 4.78 is 0. The number of hydrogen-bond donors (Lipinski definition) is 1. The van der Waals surface area contributed by atoms with Crippen molar-refractivity contribution >= 4 is 11.9 Å². The number of carbonyl (C=O) groups is 2. The second kappa shape index (κ2) is 4.30. The highest BCUT2D eigenvalue weighted by Gasteiger charge is 2.23. The highest BCUT2D eigenvalue weighted by atomic mass is 16.2. The number of hydrogen-bond acceptors (Lipinski definition) is 2. The molecule has 0 aliphatic carbocycles. The van der Waals surface area contributed by atoms with E-state index in [9.17, 15) is 9.59 Å². The molecule has 1 rings (SSSR count). The van der Waals surface area contributed by atoms with Crippen LogP contribution in [0.25, 0.3) is 0 Å². The van der Waals surface area contributed by atoms with Crippen molar-refractivity contribution in [3.63, 3.8) is 0 Å². The summed E-state index contributed by atoms with van der Waals surface area (Å²) >= 11 is 0. The van der Waals surface area contributed by atoms with Crippen LogP contribution in [0, 0.1) is 5.92 Å². The van der Waals surface area contributed by atoms with Gasteiger partial charge in [-0.05, 0) is 0 Å². The van der Waals surface area contributed by atoms with Crippen LogP contribution in [0.3, 0.4) is 0 Å². The summed E-state index contributed by atoms with van der Waals surface area (Å²) in [6.07, 6.45) is 0. The smallest absolute Gasteiger partial charge is 0.314 e. The van der Waals surface area contributed by atoms with Gasteiger partial charge in [0.15, 0.2) is 0 Å². The molecule has 80 valence electrons. The predicted octanol–water partition coefficient (Wildman–Crippen LogP) is -0.135. The number of amides is 3. The van der Waals surface area contributed by atoms with Crippen LogP contribution < -0.4 is 5.73 Å². The number of urea groups is 1. The molecular formula is C9H17N3O2. The third-order valence-electron chi connectivity index (χ3n) is 2.40. The highest BCUT2D eigenvalue weighted by molar-refractivity contribution is 5.78. The molecular weight excluding hydrogens is 182 g/mol. The minimum atomic E-state index is -0.401. The molecule has 1 fully saturated rings. The Morgan fingerprint density at radius 1 is 1.07 bits per heavy atom. The molecule has 0 spiro atoms. The van der Waals surface area contributed by atoms with Gasteiger partial charge in [-0.15, -0.1) is 0 Å². The van der Waals surface area contributed by atoms with Crippen LogP contribution in [0.4, 0.5) is 4.79 Å². The molecule has 0 atom stereocenters. The number of nitrogens with two attached hydrogens (primary N) is 1. The molecule has 5 heteroatoms. The molecule has 3 amide bonds. The monoisotopic (exact) mass is 199 g/mol. The average Bonchev–Trinajstić information content (AvgIpc) is 2.16. The van der Waals surface area contributed by atoms with E-state index in [0.717, 1.165) is 0 Å². The Labute approximate surface area is 83.8 Å². The second-order valence-electron chi connectivity index (χ2n) is 3.81. The van der Waals surface area contributed by atoms with E-state index >= 15 is 0 Å². The SMILES string of the molecule is CC(C)C(=O)N1CCN(C(N)=O)CC1. The molecule has 1 heterocycles. The van der Waals surface area contributed by atoms with Gasteiger partial charge < -0.3 is 15.5 Å². The second-order valence-corrected chi connectivity index (χ2v) is 3.81. The molecule has 5 nitrogen and oxygen atoms in total. The lowest BCUT2D eigenvalue weighted by molar-refractivity contribution is -0.135. The molecule has 0 aromatic rings. The van der Waals surface area contributed by atoms with Crippen molar-refractivity contribution in [2.75, 3.05) is 26.2 Å². The zero-order chi connectivity index (χ0) is 10.7. The van der Waals surface area contributed by atoms with Gasteiger partial charge in [-0.25, -0.2) is 4.79 Å². The third kappa shape index (κ3) is 2.37. The van der Waals surface area contributed by atoms with E-state index in [-0.39, 0.29) is 11.8 Å². The van der Waals surface area contributed by atoms with Gasteiger partial charge >= 0.3 is 6.03 Å². The molecule has 2 N–H and O–H groups in total. The maximum atomic E-state index is 11.6. The maximum Gasteiger partial charge on any atom is 0.314 e. The highest BCUT2D eigenvalue weighted by Crippen LogP contribution is 2.06. The van der Waals surface area contributed by atoms with E-state index < -0.39 is 6.03 Å². The largest absolute Gasteiger partial charge is 0.351 e. The van der Waals surface area contributed by atoms with Gasteiger partial charge in [-0.3, -0.25) is 4.79 Å². The minimum Gasteiger partial charge on any atom is -0.351 e. The van der Waals surface area contributed by atoms with E-state index in [1.165, 1.54) is 0 Å². The quantitative estimate of drug-likeness (QED) is 0.639. The Hall–Kier alpha value is -1.26. The van der Waals surface area contributed by atoms with Gasteiger partial charge in [0.25, 0.3) is 0 Å². The van der Waals surface area contributed by atoms with Crippen molar-refractivity contribution in [3.05, 3.63) is 0 Å². The van der Waals surface area contributed by atoms with E-state index in [2.05, 4.69) is 0 Å². The van der Waals surface area contributed by atoms with E-state index in [1.807, 2.05) is 13.8 Å². The number of carbonyl (C=O) groups excluding carboxylic acids is 2. The molecule has 0 bridgehead atoms. The first kappa shape index (κ1) is 10.8. The first-order valence-corrected chi connectivity index (χ1v) is 4.85. The molecule has 1 saturated heterocycles. The standard InChI is InChI=1S/C9H17N3O2/c1-7(2)8(13)11-3-5-12(6-4-11)9(10)14/h7H,3-6H2,1-2H3,(H2,10,14). The third-order valence-corrected chi connectivity index (χ3v) is 2.40. The Balaban J connectivity index is 2.43. The maximum absolute atomic E-state index is 11.6. The summed E-state index contributed by atoms with van der Waals surface area (Å²) in [5, 5.41) is 0. The number of piperazine rings is 1. The fraction of sp³-hybridized carbons (Fsp3) is 0.778. The van der Waals surface area contributed by atoms with Crippen molar-refractivity contribution in [1.82, 2.24) is 9.80 Å². The van der Waals surface area contributed by atoms with Crippen LogP contribution in [-0.4, -0.2) is 47.9 Å². The molecule has 14 heavy (non-hydrogen) atoms. The van der Waals surface area contributed by atoms with Crippen molar-refractivity contribution in [1.29, 1.82) is 0 Å². The fourth-order valence-corrected chi connectivity index (χ4v) is 1.51. The Kier molecular flexibility index (Phi) is 3.33. The molecule has 0 saturated carbocycles. The van der Waals surface area contributed by atoms with E-state index in [0.29, 0.717) is 26.2 Å². The van der Waals surface area contributed by atoms with Gasteiger partial charge in [-0.1, -0.05) is 13.8 Å². The number of primary amides is 1. The van der Waals surface area contributed by atoms with Crippen LogP contribution >= 0.6 is 0 Å². The summed E-state index contributed by atoms with van der Waals surface area (Å²) in [5.41, 5.74) is 5.13. The molecule has 1 aliphatic rings. The first-order valence-electron chi connectivity index (χ1n) is 4.85. The van der Waals surface area contributed by atoms with Gasteiger partial charge in [0, 0.05) is 32.1 Å². The van der Waals surface area contributed by atoms with Crippen molar-refractivity contribution < 1.29 is 9.59 Å². The zero-order valence-corrected chi connectivity index (χ0v) is 8.69. The van der Waals surface area contributed by atoms with Crippen LogP contribution in [0.2, 0.25) is 0 Å². The lowest BCUT2D eigenvalue weighted by Gasteiger charge is -2.34. The van der Waals surface area contributed by atoms with Crippen molar-refractivity contribution in [3.8, 4) is 0 Å². The zero-order valence-electron chi connectivity index (χ0n) is 8.69. The number of rotatable bonds is 1. The Morgan fingerprint density at radius 2 is 1.50 bits per heavy atom.